The summed E-state index contributed by atoms with van der Waals surface area (Å²) >= 11 is 0. The van der Waals surface area contributed by atoms with Crippen LogP contribution >= 0.6 is 0 Å². The third-order valence-electron chi connectivity index (χ3n) is 0.839. The third kappa shape index (κ3) is 1.90. The van der Waals surface area contributed by atoms with E-state index in [0.717, 1.165) is 4.73 Å². The summed E-state index contributed by atoms with van der Waals surface area (Å²) in [5, 5.41) is 15.6. The molecule has 1 aromatic rings. The van der Waals surface area contributed by atoms with Crippen molar-refractivity contribution < 1.29 is 21.7 Å². The average molecular weight is 169 g/mol. The summed E-state index contributed by atoms with van der Waals surface area (Å²) in [7, 11) is 0. The van der Waals surface area contributed by atoms with Gasteiger partial charge in [-0.1, -0.05) is 6.07 Å². The summed E-state index contributed by atoms with van der Waals surface area (Å²) in [6.07, 6.45) is 1.41. The Balaban J connectivity index is 0.000000640. The Morgan fingerprint density at radius 1 is 1.44 bits per heavy atom. The topological polar surface area (TPSA) is 49.0 Å². The Hall–Kier alpha value is -0.756. The predicted octanol–water partition coefficient (Wildman–Crippen LogP) is 0.202. The van der Waals surface area contributed by atoms with Gasteiger partial charge in [-0.15, -0.1) is 0 Å². The molecule has 1 heterocycles. The second-order valence-corrected chi connectivity index (χ2v) is 1.43. The number of hydrogen-bond donors (Lipinski definition) is 2. The summed E-state index contributed by atoms with van der Waals surface area (Å²) in [6, 6.07) is 4.84. The van der Waals surface area contributed by atoms with E-state index in [0.29, 0.717) is 0 Å². The molecule has 9 heavy (non-hydrogen) atoms. The van der Waals surface area contributed by atoms with E-state index in [-0.39, 0.29) is 22.0 Å². The minimum atomic E-state index is 0. The van der Waals surface area contributed by atoms with Crippen molar-refractivity contribution in [3.63, 3.8) is 0 Å². The molecule has 0 saturated heterocycles. The van der Waals surface area contributed by atoms with Crippen molar-refractivity contribution in [3.8, 4) is 0 Å². The molecule has 0 radical (unpaired) electrons. The molecule has 1 rings (SSSR count). The normalized spacial score (nSPS) is 8.00. The molecular weight excluding hydrogens is 163 g/mol. The van der Waals surface area contributed by atoms with Gasteiger partial charge in [-0.05, 0) is 12.1 Å². The molecule has 0 saturated carbocycles. The predicted molar refractivity (Wildman–Crippen MR) is 27.5 cm³/mol. The van der Waals surface area contributed by atoms with Crippen molar-refractivity contribution in [2.24, 2.45) is 0 Å². The van der Waals surface area contributed by atoms with Crippen LogP contribution < -0.4 is 5.49 Å². The average Bonchev–Trinajstić information content (AvgIpc) is 1.77. The zero-order valence-corrected chi connectivity index (χ0v) is 5.51. The van der Waals surface area contributed by atoms with Crippen molar-refractivity contribution >= 4 is 0 Å². The van der Waals surface area contributed by atoms with Crippen LogP contribution in [-0.2, 0) is 16.5 Å². The van der Waals surface area contributed by atoms with Crippen molar-refractivity contribution in [1.82, 2.24) is 4.73 Å². The molecule has 0 aliphatic rings. The van der Waals surface area contributed by atoms with Gasteiger partial charge in [0.2, 0.25) is 0 Å². The van der Waals surface area contributed by atoms with E-state index in [2.05, 4.69) is 0 Å². The smallest absolute Gasteiger partial charge is 0.160 e. The van der Waals surface area contributed by atoms with Gasteiger partial charge in [-0.3, -0.25) is 5.41 Å². The van der Waals surface area contributed by atoms with E-state index in [9.17, 15) is 0 Å². The molecule has 0 fully saturated rings. The zero-order valence-electron chi connectivity index (χ0n) is 4.52. The molecule has 0 atom stereocenters. The van der Waals surface area contributed by atoms with Crippen LogP contribution in [0.5, 0.6) is 0 Å². The van der Waals surface area contributed by atoms with Crippen LogP contribution in [0, 0.1) is 5.41 Å². The van der Waals surface area contributed by atoms with Gasteiger partial charge in [-0.25, -0.2) is 0 Å². The molecule has 0 aromatic carbocycles. The van der Waals surface area contributed by atoms with E-state index in [1.807, 2.05) is 0 Å². The molecule has 0 aliphatic heterocycles. The first kappa shape index (κ1) is 8.24. The van der Waals surface area contributed by atoms with Gasteiger partial charge in [0.25, 0.3) is 0 Å². The number of hydrogen-bond acceptors (Lipinski definition) is 2. The SMILES string of the molecule is N=c1ccccn1O.[Ni]. The van der Waals surface area contributed by atoms with Crippen LogP contribution in [0.1, 0.15) is 0 Å². The van der Waals surface area contributed by atoms with Gasteiger partial charge in [0.15, 0.2) is 5.49 Å². The Bertz CT molecular complexity index is 232. The Morgan fingerprint density at radius 2 is 2.11 bits per heavy atom. The van der Waals surface area contributed by atoms with Crippen molar-refractivity contribution in [2.45, 2.75) is 0 Å². The van der Waals surface area contributed by atoms with Crippen molar-refractivity contribution in [2.75, 3.05) is 0 Å². The van der Waals surface area contributed by atoms with Crippen LogP contribution in [-0.4, -0.2) is 9.94 Å². The van der Waals surface area contributed by atoms with Gasteiger partial charge in [0.1, 0.15) is 0 Å². The molecule has 0 spiro atoms. The van der Waals surface area contributed by atoms with E-state index >= 15 is 0 Å². The molecule has 0 aliphatic carbocycles. The molecule has 1 aromatic heterocycles. The fraction of sp³-hybridized carbons (Fsp3) is 0. The second kappa shape index (κ2) is 3.30. The van der Waals surface area contributed by atoms with Crippen molar-refractivity contribution in [1.29, 1.82) is 5.41 Å². The Morgan fingerprint density at radius 3 is 2.44 bits per heavy atom. The van der Waals surface area contributed by atoms with Crippen LogP contribution in [0.4, 0.5) is 0 Å². The van der Waals surface area contributed by atoms with Gasteiger partial charge in [-0.2, -0.15) is 4.73 Å². The van der Waals surface area contributed by atoms with Gasteiger partial charge >= 0.3 is 0 Å². The van der Waals surface area contributed by atoms with Crippen LogP contribution in [0.25, 0.3) is 0 Å². The van der Waals surface area contributed by atoms with Gasteiger partial charge < -0.3 is 5.21 Å². The summed E-state index contributed by atoms with van der Waals surface area (Å²) in [6.45, 7) is 0. The second-order valence-electron chi connectivity index (χ2n) is 1.43. The van der Waals surface area contributed by atoms with E-state index in [1.165, 1.54) is 12.3 Å². The van der Waals surface area contributed by atoms with Gasteiger partial charge in [0, 0.05) is 22.7 Å². The maximum absolute atomic E-state index is 8.65. The third-order valence-corrected chi connectivity index (χ3v) is 0.839. The van der Waals surface area contributed by atoms with Crippen molar-refractivity contribution in [3.05, 3.63) is 29.9 Å². The number of nitrogens with zero attached hydrogens (tertiary/aromatic N) is 1. The summed E-state index contributed by atoms with van der Waals surface area (Å²) < 4.78 is 0.750. The molecule has 0 bridgehead atoms. The van der Waals surface area contributed by atoms with E-state index < -0.39 is 0 Å². The first-order chi connectivity index (χ1) is 3.80. The fourth-order valence-electron chi connectivity index (χ4n) is 0.435. The molecular formula is C5H6N2NiO. The van der Waals surface area contributed by atoms with Crippen LogP contribution in [0.15, 0.2) is 24.4 Å². The van der Waals surface area contributed by atoms with E-state index in [4.69, 9.17) is 10.6 Å². The van der Waals surface area contributed by atoms with Crippen LogP contribution in [0.3, 0.4) is 0 Å². The zero-order chi connectivity index (χ0) is 5.98. The maximum Gasteiger partial charge on any atom is 0.160 e. The first-order valence-corrected chi connectivity index (χ1v) is 2.22. The fourth-order valence-corrected chi connectivity index (χ4v) is 0.435. The summed E-state index contributed by atoms with van der Waals surface area (Å²) in [5.74, 6) is 0. The molecule has 0 unspecified atom stereocenters. The quantitative estimate of drug-likeness (QED) is 0.422. The number of aromatic nitrogens is 1. The first-order valence-electron chi connectivity index (χ1n) is 2.22. The number of nitrogens with one attached hydrogen (secondary N) is 1. The largest absolute Gasteiger partial charge is 0.427 e. The number of pyridine rings is 1. The molecule has 2 N–H and O–H groups in total. The monoisotopic (exact) mass is 168 g/mol. The van der Waals surface area contributed by atoms with Crippen LogP contribution in [0.2, 0.25) is 0 Å². The minimum Gasteiger partial charge on any atom is -0.427 e. The summed E-state index contributed by atoms with van der Waals surface area (Å²) in [5.41, 5.74) is 0.0903. The molecule has 3 nitrogen and oxygen atoms in total. The van der Waals surface area contributed by atoms with Gasteiger partial charge in [0.05, 0.1) is 0 Å². The Labute approximate surface area is 62.3 Å². The number of rotatable bonds is 0. The maximum atomic E-state index is 8.65. The minimum absolute atomic E-state index is 0. The Kier molecular flexibility index (Phi) is 3.03. The standard InChI is InChI=1S/C5H6N2O.Ni/c6-5-3-1-2-4-7(5)8;/h1-4,6,8H;. The molecule has 0 amide bonds. The molecule has 52 valence electrons. The van der Waals surface area contributed by atoms with E-state index in [1.54, 1.807) is 12.1 Å². The summed E-state index contributed by atoms with van der Waals surface area (Å²) in [4.78, 5) is 0. The molecule has 4 heteroatoms.